The van der Waals surface area contributed by atoms with Crippen LogP contribution in [0.15, 0.2) is 73.6 Å². The van der Waals surface area contributed by atoms with Crippen molar-refractivity contribution in [3.05, 3.63) is 84.8 Å². The molecule has 0 radical (unpaired) electrons. The minimum Gasteiger partial charge on any atom is -0.361 e. The van der Waals surface area contributed by atoms with Gasteiger partial charge in [0, 0.05) is 40.6 Å². The summed E-state index contributed by atoms with van der Waals surface area (Å²) in [7, 11) is 0. The molecule has 0 fully saturated rings. The lowest BCUT2D eigenvalue weighted by molar-refractivity contribution is 1.18. The minimum atomic E-state index is 0.773. The van der Waals surface area contributed by atoms with Gasteiger partial charge in [-0.15, -0.1) is 0 Å². The Morgan fingerprint density at radius 3 is 2.82 bits per heavy atom. The van der Waals surface area contributed by atoms with E-state index in [1.807, 2.05) is 42.6 Å². The van der Waals surface area contributed by atoms with Gasteiger partial charge in [0.1, 0.15) is 12.1 Å². The van der Waals surface area contributed by atoms with Crippen LogP contribution in [0.25, 0.3) is 34.0 Å². The van der Waals surface area contributed by atoms with Gasteiger partial charge >= 0.3 is 0 Å². The number of H-pyrrole nitrogens is 1. The molecule has 2 N–H and O–H groups in total. The summed E-state index contributed by atoms with van der Waals surface area (Å²) in [6.07, 6.45) is 12.5. The molecule has 134 valence electrons. The molecule has 0 spiro atoms. The van der Waals surface area contributed by atoms with Crippen molar-refractivity contribution in [3.63, 3.8) is 0 Å². The SMILES string of the molecule is C(=Cc1cnccn1)c1ccc2ncnc(Nc3ccc4[nH]ccc4c3)c2c1. The van der Waals surface area contributed by atoms with Gasteiger partial charge in [-0.1, -0.05) is 12.1 Å². The summed E-state index contributed by atoms with van der Waals surface area (Å²) in [5, 5.41) is 5.52. The molecule has 3 aromatic heterocycles. The normalized spacial score (nSPS) is 11.4. The summed E-state index contributed by atoms with van der Waals surface area (Å²) >= 11 is 0. The molecule has 2 aromatic carbocycles. The lowest BCUT2D eigenvalue weighted by Gasteiger charge is -2.09. The maximum Gasteiger partial charge on any atom is 0.141 e. The van der Waals surface area contributed by atoms with Crippen LogP contribution < -0.4 is 5.32 Å². The third-order valence-corrected chi connectivity index (χ3v) is 4.51. The Morgan fingerprint density at radius 2 is 1.89 bits per heavy atom. The van der Waals surface area contributed by atoms with E-state index in [-0.39, 0.29) is 0 Å². The number of benzene rings is 2. The molecule has 0 aliphatic rings. The van der Waals surface area contributed by atoms with Crippen LogP contribution in [0, 0.1) is 0 Å². The second-order valence-electron chi connectivity index (χ2n) is 6.37. The Morgan fingerprint density at radius 1 is 0.893 bits per heavy atom. The average molecular weight is 364 g/mol. The molecule has 0 unspecified atom stereocenters. The van der Waals surface area contributed by atoms with Crippen molar-refractivity contribution < 1.29 is 0 Å². The molecule has 0 aliphatic carbocycles. The zero-order valence-corrected chi connectivity index (χ0v) is 14.9. The number of nitrogens with one attached hydrogen (secondary N) is 2. The van der Waals surface area contributed by atoms with E-state index >= 15 is 0 Å². The van der Waals surface area contributed by atoms with Gasteiger partial charge in [0.15, 0.2) is 0 Å². The number of nitrogens with zero attached hydrogens (tertiary/aromatic N) is 4. The van der Waals surface area contributed by atoms with Crippen molar-refractivity contribution in [2.75, 3.05) is 5.32 Å². The van der Waals surface area contributed by atoms with E-state index in [1.54, 1.807) is 24.9 Å². The predicted octanol–water partition coefficient (Wildman–Crippen LogP) is 4.82. The van der Waals surface area contributed by atoms with Crippen LogP contribution in [0.5, 0.6) is 0 Å². The molecule has 6 heteroatoms. The molecule has 0 aliphatic heterocycles. The Labute approximate surface area is 161 Å². The highest BCUT2D eigenvalue weighted by molar-refractivity contribution is 5.93. The van der Waals surface area contributed by atoms with Crippen molar-refractivity contribution in [3.8, 4) is 0 Å². The van der Waals surface area contributed by atoms with Crippen molar-refractivity contribution in [2.24, 2.45) is 0 Å². The third kappa shape index (κ3) is 3.19. The van der Waals surface area contributed by atoms with E-state index in [0.717, 1.165) is 44.6 Å². The second kappa shape index (κ2) is 6.92. The zero-order valence-electron chi connectivity index (χ0n) is 14.9. The molecular formula is C22H16N6. The largest absolute Gasteiger partial charge is 0.361 e. The fraction of sp³-hybridized carbons (Fsp3) is 0. The fourth-order valence-electron chi connectivity index (χ4n) is 3.12. The van der Waals surface area contributed by atoms with Gasteiger partial charge in [0.2, 0.25) is 0 Å². The summed E-state index contributed by atoms with van der Waals surface area (Å²) in [6.45, 7) is 0. The third-order valence-electron chi connectivity index (χ3n) is 4.51. The van der Waals surface area contributed by atoms with Crippen LogP contribution >= 0.6 is 0 Å². The highest BCUT2D eigenvalue weighted by Gasteiger charge is 2.06. The predicted molar refractivity (Wildman–Crippen MR) is 112 cm³/mol. The van der Waals surface area contributed by atoms with Gasteiger partial charge in [-0.25, -0.2) is 9.97 Å². The molecule has 6 nitrogen and oxygen atoms in total. The number of fused-ring (bicyclic) bond motifs is 2. The Balaban J connectivity index is 1.50. The van der Waals surface area contributed by atoms with E-state index < -0.39 is 0 Å². The lowest BCUT2D eigenvalue weighted by Crippen LogP contribution is -1.96. The standard InChI is InChI=1S/C22H16N6/c1(3-18-13-23-9-10-24-18)15-2-5-21-19(11-15)22(27-14-26-21)28-17-4-6-20-16(12-17)7-8-25-20/h1-14,25H,(H,26,27,28). The van der Waals surface area contributed by atoms with E-state index in [0.29, 0.717) is 0 Å². The minimum absolute atomic E-state index is 0.773. The number of hydrogen-bond donors (Lipinski definition) is 2. The molecule has 0 saturated carbocycles. The quantitative estimate of drug-likeness (QED) is 0.478. The molecule has 3 heterocycles. The summed E-state index contributed by atoms with van der Waals surface area (Å²) in [5.41, 5.74) is 4.82. The summed E-state index contributed by atoms with van der Waals surface area (Å²) in [4.78, 5) is 20.4. The van der Waals surface area contributed by atoms with Crippen LogP contribution in [-0.2, 0) is 0 Å². The average Bonchev–Trinajstić information content (AvgIpc) is 3.21. The van der Waals surface area contributed by atoms with E-state index in [1.165, 1.54) is 0 Å². The molecule has 0 atom stereocenters. The van der Waals surface area contributed by atoms with E-state index in [4.69, 9.17) is 0 Å². The van der Waals surface area contributed by atoms with Gasteiger partial charge in [-0.3, -0.25) is 9.97 Å². The molecule has 28 heavy (non-hydrogen) atoms. The summed E-state index contributed by atoms with van der Waals surface area (Å²) in [5.74, 6) is 0.773. The first-order chi connectivity index (χ1) is 13.8. The topological polar surface area (TPSA) is 79.4 Å². The van der Waals surface area contributed by atoms with Gasteiger partial charge in [-0.05, 0) is 48.0 Å². The highest BCUT2D eigenvalue weighted by Crippen LogP contribution is 2.26. The smallest absolute Gasteiger partial charge is 0.141 e. The van der Waals surface area contributed by atoms with Crippen molar-refractivity contribution in [1.82, 2.24) is 24.9 Å². The first kappa shape index (κ1) is 16.1. The molecule has 0 bridgehead atoms. The lowest BCUT2D eigenvalue weighted by atomic mass is 10.1. The van der Waals surface area contributed by atoms with Crippen LogP contribution in [0.1, 0.15) is 11.3 Å². The Hall–Kier alpha value is -4.06. The number of rotatable bonds is 4. The van der Waals surface area contributed by atoms with Gasteiger partial charge in [-0.2, -0.15) is 0 Å². The first-order valence-corrected chi connectivity index (χ1v) is 8.88. The molecule has 0 amide bonds. The van der Waals surface area contributed by atoms with Crippen LogP contribution in [0.4, 0.5) is 11.5 Å². The Kier molecular flexibility index (Phi) is 3.99. The monoisotopic (exact) mass is 364 g/mol. The number of aromatic amines is 1. The summed E-state index contributed by atoms with van der Waals surface area (Å²) in [6, 6.07) is 14.3. The molecule has 0 saturated heterocycles. The van der Waals surface area contributed by atoms with Crippen LogP contribution in [0.2, 0.25) is 0 Å². The fourth-order valence-corrected chi connectivity index (χ4v) is 3.12. The van der Waals surface area contributed by atoms with E-state index in [9.17, 15) is 0 Å². The van der Waals surface area contributed by atoms with Gasteiger partial charge in [0.05, 0.1) is 17.4 Å². The van der Waals surface area contributed by atoms with Crippen LogP contribution in [-0.4, -0.2) is 24.9 Å². The molecule has 5 aromatic rings. The van der Waals surface area contributed by atoms with Crippen LogP contribution in [0.3, 0.4) is 0 Å². The number of aromatic nitrogens is 5. The molecular weight excluding hydrogens is 348 g/mol. The number of anilines is 2. The maximum absolute atomic E-state index is 4.45. The number of hydrogen-bond acceptors (Lipinski definition) is 5. The summed E-state index contributed by atoms with van der Waals surface area (Å²) < 4.78 is 0. The molecule has 5 rings (SSSR count). The zero-order chi connectivity index (χ0) is 18.8. The first-order valence-electron chi connectivity index (χ1n) is 8.88. The maximum atomic E-state index is 4.45. The van der Waals surface area contributed by atoms with Crippen molar-refractivity contribution in [2.45, 2.75) is 0 Å². The van der Waals surface area contributed by atoms with Crippen molar-refractivity contribution in [1.29, 1.82) is 0 Å². The Bertz CT molecular complexity index is 1290. The van der Waals surface area contributed by atoms with Crippen molar-refractivity contribution >= 4 is 45.5 Å². The second-order valence-corrected chi connectivity index (χ2v) is 6.37. The highest BCUT2D eigenvalue weighted by atomic mass is 15.0. The van der Waals surface area contributed by atoms with E-state index in [2.05, 4.69) is 48.4 Å². The van der Waals surface area contributed by atoms with Gasteiger partial charge < -0.3 is 10.3 Å². The van der Waals surface area contributed by atoms with Gasteiger partial charge in [0.25, 0.3) is 0 Å².